The fraction of sp³-hybridized carbons (Fsp3) is 0.136. The van der Waals surface area contributed by atoms with Crippen molar-refractivity contribution in [2.24, 2.45) is 0 Å². The number of anilines is 1. The molecule has 0 heterocycles. The Labute approximate surface area is 175 Å². The van der Waals surface area contributed by atoms with E-state index in [1.54, 1.807) is 72.8 Å². The van der Waals surface area contributed by atoms with Crippen LogP contribution in [-0.4, -0.2) is 14.3 Å². The molecule has 0 aromatic heterocycles. The maximum Gasteiger partial charge on any atom is 0.241 e. The van der Waals surface area contributed by atoms with Gasteiger partial charge in [-0.15, -0.1) is 0 Å². The fourth-order valence-corrected chi connectivity index (χ4v) is 4.26. The van der Waals surface area contributed by atoms with Gasteiger partial charge in [0.25, 0.3) is 0 Å². The van der Waals surface area contributed by atoms with Crippen molar-refractivity contribution in [3.05, 3.63) is 95.0 Å². The minimum atomic E-state index is -3.80. The van der Waals surface area contributed by atoms with Crippen LogP contribution in [0.25, 0.3) is 0 Å². The van der Waals surface area contributed by atoms with Crippen molar-refractivity contribution in [3.8, 4) is 0 Å². The van der Waals surface area contributed by atoms with E-state index in [0.29, 0.717) is 16.3 Å². The van der Waals surface area contributed by atoms with Gasteiger partial charge in [0, 0.05) is 17.1 Å². The molecule has 3 aromatic carbocycles. The van der Waals surface area contributed by atoms with Crippen LogP contribution in [0.15, 0.2) is 83.8 Å². The molecule has 0 unspecified atom stereocenters. The number of aryl methyl sites for hydroxylation is 1. The molecule has 5 nitrogen and oxygen atoms in total. The predicted molar refractivity (Wildman–Crippen MR) is 115 cm³/mol. The highest BCUT2D eigenvalue weighted by atomic mass is 35.5. The van der Waals surface area contributed by atoms with E-state index in [2.05, 4.69) is 10.0 Å². The van der Waals surface area contributed by atoms with Crippen molar-refractivity contribution in [1.29, 1.82) is 0 Å². The highest BCUT2D eigenvalue weighted by Gasteiger charge is 2.23. The molecule has 7 heteroatoms. The van der Waals surface area contributed by atoms with Gasteiger partial charge >= 0.3 is 0 Å². The molecule has 3 rings (SSSR count). The molecule has 0 aliphatic rings. The molecule has 3 aromatic rings. The molecule has 150 valence electrons. The van der Waals surface area contributed by atoms with Gasteiger partial charge in [0.2, 0.25) is 15.9 Å². The number of amides is 1. The molecule has 29 heavy (non-hydrogen) atoms. The number of benzene rings is 3. The van der Waals surface area contributed by atoms with Crippen LogP contribution in [0.2, 0.25) is 5.02 Å². The average Bonchev–Trinajstić information content (AvgIpc) is 2.68. The Kier molecular flexibility index (Phi) is 6.69. The molecule has 0 spiro atoms. The second-order valence-electron chi connectivity index (χ2n) is 6.66. The van der Waals surface area contributed by atoms with Gasteiger partial charge in [0.1, 0.15) is 0 Å². The highest BCUT2D eigenvalue weighted by molar-refractivity contribution is 7.89. The molecule has 0 saturated heterocycles. The van der Waals surface area contributed by atoms with Gasteiger partial charge < -0.3 is 5.32 Å². The van der Waals surface area contributed by atoms with Crippen LogP contribution in [0.3, 0.4) is 0 Å². The summed E-state index contributed by atoms with van der Waals surface area (Å²) in [4.78, 5) is 12.7. The molecule has 0 fully saturated rings. The van der Waals surface area contributed by atoms with Gasteiger partial charge in [0.15, 0.2) is 0 Å². The van der Waals surface area contributed by atoms with Crippen molar-refractivity contribution in [2.75, 3.05) is 5.32 Å². The van der Waals surface area contributed by atoms with Crippen molar-refractivity contribution >= 4 is 33.2 Å². The second kappa shape index (κ2) is 9.22. The lowest BCUT2D eigenvalue weighted by molar-refractivity contribution is -0.116. The Morgan fingerprint density at radius 3 is 2.31 bits per heavy atom. The van der Waals surface area contributed by atoms with Crippen molar-refractivity contribution in [1.82, 2.24) is 4.72 Å². The zero-order chi connectivity index (χ0) is 20.9. The number of sulfonamides is 1. The third kappa shape index (κ3) is 5.90. The normalized spacial score (nSPS) is 12.3. The number of nitrogens with one attached hydrogen (secondary N) is 2. The minimum absolute atomic E-state index is 0.0678. The highest BCUT2D eigenvalue weighted by Crippen LogP contribution is 2.22. The maximum atomic E-state index is 12.9. The summed E-state index contributed by atoms with van der Waals surface area (Å²) in [6.07, 6.45) is -0.0678. The molecule has 0 bridgehead atoms. The first-order valence-electron chi connectivity index (χ1n) is 9.03. The zero-order valence-corrected chi connectivity index (χ0v) is 17.4. The quantitative estimate of drug-likeness (QED) is 0.572. The number of halogens is 1. The van der Waals surface area contributed by atoms with E-state index in [9.17, 15) is 13.2 Å². The molecule has 1 amide bonds. The van der Waals surface area contributed by atoms with Gasteiger partial charge in [-0.2, -0.15) is 0 Å². The van der Waals surface area contributed by atoms with E-state index < -0.39 is 16.1 Å². The summed E-state index contributed by atoms with van der Waals surface area (Å²) in [7, 11) is -3.80. The predicted octanol–water partition coefficient (Wildman–Crippen LogP) is 4.70. The fourth-order valence-electron chi connectivity index (χ4n) is 2.85. The summed E-state index contributed by atoms with van der Waals surface area (Å²) in [6, 6.07) is 21.6. The monoisotopic (exact) mass is 428 g/mol. The molecule has 0 aliphatic carbocycles. The topological polar surface area (TPSA) is 75.3 Å². The van der Waals surface area contributed by atoms with E-state index in [0.717, 1.165) is 5.56 Å². The van der Waals surface area contributed by atoms with Gasteiger partial charge in [-0.25, -0.2) is 13.1 Å². The lowest BCUT2D eigenvalue weighted by Gasteiger charge is -2.19. The van der Waals surface area contributed by atoms with Crippen LogP contribution < -0.4 is 10.0 Å². The van der Waals surface area contributed by atoms with Crippen LogP contribution in [0.5, 0.6) is 0 Å². The summed E-state index contributed by atoms with van der Waals surface area (Å²) in [6.45, 7) is 1.89. The van der Waals surface area contributed by atoms with Crippen LogP contribution in [0.4, 0.5) is 5.69 Å². The van der Waals surface area contributed by atoms with Gasteiger partial charge in [-0.1, -0.05) is 65.7 Å². The van der Waals surface area contributed by atoms with Crippen LogP contribution >= 0.6 is 11.6 Å². The summed E-state index contributed by atoms with van der Waals surface area (Å²) in [5, 5.41) is 3.26. The minimum Gasteiger partial charge on any atom is -0.326 e. The summed E-state index contributed by atoms with van der Waals surface area (Å²) >= 11 is 5.95. The van der Waals surface area contributed by atoms with Gasteiger partial charge in [-0.05, 0) is 42.8 Å². The molecule has 0 aliphatic heterocycles. The molecular formula is C22H21ClN2O3S. The molecular weight excluding hydrogens is 408 g/mol. The first kappa shape index (κ1) is 21.0. The summed E-state index contributed by atoms with van der Waals surface area (Å²) in [5.41, 5.74) is 2.21. The zero-order valence-electron chi connectivity index (χ0n) is 15.8. The third-order valence-electron chi connectivity index (χ3n) is 4.33. The Morgan fingerprint density at radius 2 is 1.66 bits per heavy atom. The Balaban J connectivity index is 1.81. The van der Waals surface area contributed by atoms with Crippen LogP contribution in [0.1, 0.15) is 23.6 Å². The van der Waals surface area contributed by atoms with Gasteiger partial charge in [0.05, 0.1) is 10.9 Å². The number of rotatable bonds is 7. The number of carbonyl (C=O) groups is 1. The molecule has 0 radical (unpaired) electrons. The Morgan fingerprint density at radius 1 is 0.966 bits per heavy atom. The van der Waals surface area contributed by atoms with Gasteiger partial charge in [-0.3, -0.25) is 4.79 Å². The van der Waals surface area contributed by atoms with E-state index in [1.807, 2.05) is 13.0 Å². The lowest BCUT2D eigenvalue weighted by Crippen LogP contribution is -2.31. The third-order valence-corrected chi connectivity index (χ3v) is 6.05. The first-order valence-corrected chi connectivity index (χ1v) is 10.9. The van der Waals surface area contributed by atoms with Crippen molar-refractivity contribution in [3.63, 3.8) is 0 Å². The summed E-state index contributed by atoms with van der Waals surface area (Å²) < 4.78 is 28.4. The lowest BCUT2D eigenvalue weighted by atomic mass is 10.0. The second-order valence-corrected chi connectivity index (χ2v) is 8.81. The van der Waals surface area contributed by atoms with Crippen LogP contribution in [-0.2, 0) is 14.8 Å². The number of hydrogen-bond acceptors (Lipinski definition) is 3. The number of carbonyl (C=O) groups excluding carboxylic acids is 1. The van der Waals surface area contributed by atoms with Crippen molar-refractivity contribution in [2.45, 2.75) is 24.3 Å². The Bertz CT molecular complexity index is 1080. The molecule has 0 saturated carbocycles. The smallest absolute Gasteiger partial charge is 0.241 e. The van der Waals surface area contributed by atoms with E-state index in [4.69, 9.17) is 11.6 Å². The molecule has 2 N–H and O–H groups in total. The SMILES string of the molecule is Cc1ccc(S(=O)(=O)N[C@H](CC(=O)Nc2cccc(Cl)c2)c2ccccc2)cc1. The standard InChI is InChI=1S/C22H21ClN2O3S/c1-16-10-12-20(13-11-16)29(27,28)25-21(17-6-3-2-4-7-17)15-22(26)24-19-9-5-8-18(23)14-19/h2-14,21,25H,15H2,1H3,(H,24,26)/t21-/m1/s1. The van der Waals surface area contributed by atoms with E-state index in [-0.39, 0.29) is 17.2 Å². The van der Waals surface area contributed by atoms with Crippen molar-refractivity contribution < 1.29 is 13.2 Å². The number of hydrogen-bond donors (Lipinski definition) is 2. The average molecular weight is 429 g/mol. The van der Waals surface area contributed by atoms with Crippen LogP contribution in [0, 0.1) is 6.92 Å². The summed E-state index contributed by atoms with van der Waals surface area (Å²) in [5.74, 6) is -0.326. The first-order chi connectivity index (χ1) is 13.8. The Hall–Kier alpha value is -2.67. The van der Waals surface area contributed by atoms with E-state index in [1.165, 1.54) is 0 Å². The van der Waals surface area contributed by atoms with E-state index >= 15 is 0 Å². The molecule has 1 atom stereocenters. The maximum absolute atomic E-state index is 12.9. The largest absolute Gasteiger partial charge is 0.326 e.